The first-order valence-electron chi connectivity index (χ1n) is 8.18. The van der Waals surface area contributed by atoms with Crippen molar-refractivity contribution in [3.8, 4) is 0 Å². The van der Waals surface area contributed by atoms with E-state index in [0.717, 1.165) is 28.3 Å². The molecule has 0 amide bonds. The maximum Gasteiger partial charge on any atom is 0.229 e. The Morgan fingerprint density at radius 2 is 1.68 bits per heavy atom. The normalized spacial score (nSPS) is 10.6. The predicted octanol–water partition coefficient (Wildman–Crippen LogP) is 4.90. The Kier molecular flexibility index (Phi) is 4.93. The summed E-state index contributed by atoms with van der Waals surface area (Å²) >= 11 is 0. The zero-order valence-corrected chi connectivity index (χ0v) is 14.6. The molecular formula is C20H21FN4. The van der Waals surface area contributed by atoms with Gasteiger partial charge in [-0.2, -0.15) is 4.98 Å². The van der Waals surface area contributed by atoms with Gasteiger partial charge in [0, 0.05) is 24.0 Å². The van der Waals surface area contributed by atoms with Crippen molar-refractivity contribution in [3.63, 3.8) is 0 Å². The van der Waals surface area contributed by atoms with E-state index in [2.05, 4.69) is 46.6 Å². The van der Waals surface area contributed by atoms with Gasteiger partial charge in [0.2, 0.25) is 5.95 Å². The fourth-order valence-electron chi connectivity index (χ4n) is 2.58. The van der Waals surface area contributed by atoms with Crippen LogP contribution in [0, 0.1) is 26.6 Å². The molecule has 2 aromatic carbocycles. The van der Waals surface area contributed by atoms with E-state index in [1.807, 2.05) is 19.1 Å². The van der Waals surface area contributed by atoms with Gasteiger partial charge in [-0.25, -0.2) is 9.37 Å². The van der Waals surface area contributed by atoms with Gasteiger partial charge < -0.3 is 10.6 Å². The zero-order chi connectivity index (χ0) is 17.8. The highest BCUT2D eigenvalue weighted by atomic mass is 19.1. The molecule has 25 heavy (non-hydrogen) atoms. The van der Waals surface area contributed by atoms with Gasteiger partial charge in [0.25, 0.3) is 0 Å². The monoisotopic (exact) mass is 336 g/mol. The van der Waals surface area contributed by atoms with Crippen molar-refractivity contribution >= 4 is 17.5 Å². The van der Waals surface area contributed by atoms with E-state index in [9.17, 15) is 4.39 Å². The standard InChI is InChI=1S/C20H21FN4/c1-13-4-9-18(14(2)10-13)24-20-23-15(3)11-19(25-20)22-12-16-5-7-17(21)8-6-16/h4-11H,12H2,1-3H3,(H2,22,23,24,25). The summed E-state index contributed by atoms with van der Waals surface area (Å²) in [5.41, 5.74) is 5.20. The lowest BCUT2D eigenvalue weighted by molar-refractivity contribution is 0.627. The van der Waals surface area contributed by atoms with E-state index in [-0.39, 0.29) is 5.82 Å². The highest BCUT2D eigenvalue weighted by Crippen LogP contribution is 2.21. The van der Waals surface area contributed by atoms with Crippen molar-refractivity contribution in [1.82, 2.24) is 9.97 Å². The first-order valence-corrected chi connectivity index (χ1v) is 8.18. The van der Waals surface area contributed by atoms with E-state index in [1.54, 1.807) is 12.1 Å². The Morgan fingerprint density at radius 3 is 2.40 bits per heavy atom. The minimum atomic E-state index is -0.235. The maximum atomic E-state index is 13.0. The van der Waals surface area contributed by atoms with Crippen LogP contribution in [0.25, 0.3) is 0 Å². The molecule has 0 unspecified atom stereocenters. The molecule has 3 rings (SSSR count). The summed E-state index contributed by atoms with van der Waals surface area (Å²) in [5.74, 6) is 1.04. The summed E-state index contributed by atoms with van der Waals surface area (Å²) in [4.78, 5) is 8.97. The molecule has 5 heteroatoms. The lowest BCUT2D eigenvalue weighted by Gasteiger charge is -2.12. The van der Waals surface area contributed by atoms with Crippen molar-refractivity contribution in [2.24, 2.45) is 0 Å². The van der Waals surface area contributed by atoms with Gasteiger partial charge in [-0.15, -0.1) is 0 Å². The fourth-order valence-corrected chi connectivity index (χ4v) is 2.58. The topological polar surface area (TPSA) is 49.8 Å². The van der Waals surface area contributed by atoms with Gasteiger partial charge in [-0.05, 0) is 50.1 Å². The summed E-state index contributed by atoms with van der Waals surface area (Å²) in [6.07, 6.45) is 0. The molecule has 0 spiro atoms. The summed E-state index contributed by atoms with van der Waals surface area (Å²) < 4.78 is 13.0. The second kappa shape index (κ2) is 7.30. The number of hydrogen-bond acceptors (Lipinski definition) is 4. The SMILES string of the molecule is Cc1ccc(Nc2nc(C)cc(NCc3ccc(F)cc3)n2)c(C)c1. The van der Waals surface area contributed by atoms with Crippen LogP contribution in [0.5, 0.6) is 0 Å². The Hall–Kier alpha value is -2.95. The Bertz CT molecular complexity index is 875. The number of benzene rings is 2. The number of nitrogens with zero attached hydrogens (tertiary/aromatic N) is 2. The minimum Gasteiger partial charge on any atom is -0.366 e. The minimum absolute atomic E-state index is 0.235. The molecule has 128 valence electrons. The van der Waals surface area contributed by atoms with Crippen LogP contribution in [0.4, 0.5) is 21.8 Å². The summed E-state index contributed by atoms with van der Waals surface area (Å²) in [7, 11) is 0. The van der Waals surface area contributed by atoms with E-state index in [0.29, 0.717) is 12.5 Å². The Balaban J connectivity index is 1.74. The van der Waals surface area contributed by atoms with Crippen molar-refractivity contribution in [2.75, 3.05) is 10.6 Å². The zero-order valence-electron chi connectivity index (χ0n) is 14.6. The predicted molar refractivity (Wildman–Crippen MR) is 99.7 cm³/mol. The van der Waals surface area contributed by atoms with Gasteiger partial charge >= 0.3 is 0 Å². The molecule has 2 N–H and O–H groups in total. The third kappa shape index (κ3) is 4.53. The Labute approximate surface area is 147 Å². The van der Waals surface area contributed by atoms with Crippen LogP contribution in [-0.4, -0.2) is 9.97 Å². The third-order valence-electron chi connectivity index (χ3n) is 3.87. The van der Waals surface area contributed by atoms with Crippen LogP contribution in [0.15, 0.2) is 48.5 Å². The van der Waals surface area contributed by atoms with E-state index >= 15 is 0 Å². The molecule has 1 aromatic heterocycles. The van der Waals surface area contributed by atoms with Crippen molar-refractivity contribution in [3.05, 3.63) is 76.7 Å². The maximum absolute atomic E-state index is 13.0. The number of nitrogens with one attached hydrogen (secondary N) is 2. The molecule has 3 aromatic rings. The molecule has 0 bridgehead atoms. The van der Waals surface area contributed by atoms with Crippen molar-refractivity contribution < 1.29 is 4.39 Å². The quantitative estimate of drug-likeness (QED) is 0.696. The van der Waals surface area contributed by atoms with Gasteiger partial charge in [-0.1, -0.05) is 29.8 Å². The average molecular weight is 336 g/mol. The average Bonchev–Trinajstić information content (AvgIpc) is 2.56. The molecule has 1 heterocycles. The number of halogens is 1. The van der Waals surface area contributed by atoms with Crippen molar-refractivity contribution in [2.45, 2.75) is 27.3 Å². The van der Waals surface area contributed by atoms with E-state index < -0.39 is 0 Å². The molecule has 0 aliphatic heterocycles. The van der Waals surface area contributed by atoms with Gasteiger partial charge in [0.1, 0.15) is 11.6 Å². The molecule has 0 aliphatic carbocycles. The molecule has 0 atom stereocenters. The first kappa shape index (κ1) is 16.9. The molecule has 4 nitrogen and oxygen atoms in total. The van der Waals surface area contributed by atoms with Crippen LogP contribution in [0.2, 0.25) is 0 Å². The first-order chi connectivity index (χ1) is 12.0. The van der Waals surface area contributed by atoms with Crippen LogP contribution in [0.1, 0.15) is 22.4 Å². The molecule has 0 fully saturated rings. The highest BCUT2D eigenvalue weighted by Gasteiger charge is 2.05. The van der Waals surface area contributed by atoms with Crippen LogP contribution >= 0.6 is 0 Å². The molecule has 0 saturated carbocycles. The largest absolute Gasteiger partial charge is 0.366 e. The number of aromatic nitrogens is 2. The number of anilines is 3. The van der Waals surface area contributed by atoms with Crippen molar-refractivity contribution in [1.29, 1.82) is 0 Å². The molecular weight excluding hydrogens is 315 g/mol. The summed E-state index contributed by atoms with van der Waals surface area (Å²) in [5, 5.41) is 6.53. The van der Waals surface area contributed by atoms with E-state index in [1.165, 1.54) is 17.7 Å². The van der Waals surface area contributed by atoms with Crippen LogP contribution in [0.3, 0.4) is 0 Å². The highest BCUT2D eigenvalue weighted by molar-refractivity contribution is 5.60. The smallest absolute Gasteiger partial charge is 0.229 e. The summed E-state index contributed by atoms with van der Waals surface area (Å²) in [6, 6.07) is 14.5. The summed E-state index contributed by atoms with van der Waals surface area (Å²) in [6.45, 7) is 6.62. The van der Waals surface area contributed by atoms with Gasteiger partial charge in [0.15, 0.2) is 0 Å². The molecule has 0 aliphatic rings. The Morgan fingerprint density at radius 1 is 0.920 bits per heavy atom. The third-order valence-corrected chi connectivity index (χ3v) is 3.87. The number of aryl methyl sites for hydroxylation is 3. The van der Waals surface area contributed by atoms with Gasteiger partial charge in [0.05, 0.1) is 0 Å². The second-order valence-electron chi connectivity index (χ2n) is 6.14. The number of hydrogen-bond donors (Lipinski definition) is 2. The van der Waals surface area contributed by atoms with Crippen LogP contribution < -0.4 is 10.6 Å². The lowest BCUT2D eigenvalue weighted by atomic mass is 10.1. The van der Waals surface area contributed by atoms with Gasteiger partial charge in [-0.3, -0.25) is 0 Å². The van der Waals surface area contributed by atoms with E-state index in [4.69, 9.17) is 0 Å². The lowest BCUT2D eigenvalue weighted by Crippen LogP contribution is -2.06. The number of rotatable bonds is 5. The molecule has 0 radical (unpaired) electrons. The molecule has 0 saturated heterocycles. The second-order valence-corrected chi connectivity index (χ2v) is 6.14. The van der Waals surface area contributed by atoms with Crippen LogP contribution in [-0.2, 0) is 6.54 Å². The fraction of sp³-hybridized carbons (Fsp3) is 0.200.